The Bertz CT molecular complexity index is 782. The molecular weight excluding hydrogens is 289 g/mol. The number of halogens is 2. The highest BCUT2D eigenvalue weighted by atomic mass is 35.5. The first kappa shape index (κ1) is 14.1. The smallest absolute Gasteiger partial charge is 0.170 e. The fraction of sp³-hybridized carbons (Fsp3) is 0.176. The molecule has 0 atom stereocenters. The molecule has 2 aromatic carbocycles. The van der Waals surface area contributed by atoms with Gasteiger partial charge in [0.2, 0.25) is 0 Å². The van der Waals surface area contributed by atoms with Gasteiger partial charge in [0.1, 0.15) is 5.76 Å². The van der Waals surface area contributed by atoms with Crippen LogP contribution >= 0.6 is 11.6 Å². The molecule has 0 bridgehead atoms. The summed E-state index contributed by atoms with van der Waals surface area (Å²) >= 11 is 6.33. The third-order valence-electron chi connectivity index (χ3n) is 3.37. The summed E-state index contributed by atoms with van der Waals surface area (Å²) in [6, 6.07) is 12.5. The van der Waals surface area contributed by atoms with E-state index in [4.69, 9.17) is 16.0 Å². The van der Waals surface area contributed by atoms with Crippen LogP contribution in [0.3, 0.4) is 0 Å². The highest BCUT2D eigenvalue weighted by molar-refractivity contribution is 6.33. The molecule has 0 saturated heterocycles. The van der Waals surface area contributed by atoms with Crippen molar-refractivity contribution in [3.63, 3.8) is 0 Å². The maximum Gasteiger partial charge on any atom is 0.170 e. The quantitative estimate of drug-likeness (QED) is 0.733. The van der Waals surface area contributed by atoms with E-state index in [9.17, 15) is 4.39 Å². The summed E-state index contributed by atoms with van der Waals surface area (Å²) in [5, 5.41) is 4.58. The molecule has 0 saturated carbocycles. The van der Waals surface area contributed by atoms with E-state index in [2.05, 4.69) is 12.2 Å². The average molecular weight is 304 g/mol. The molecule has 21 heavy (non-hydrogen) atoms. The molecule has 0 unspecified atom stereocenters. The van der Waals surface area contributed by atoms with E-state index in [0.717, 1.165) is 29.6 Å². The number of hydrogen-bond acceptors (Lipinski definition) is 2. The fourth-order valence-corrected chi connectivity index (χ4v) is 2.59. The van der Waals surface area contributed by atoms with Gasteiger partial charge < -0.3 is 9.73 Å². The van der Waals surface area contributed by atoms with Crippen LogP contribution in [0.1, 0.15) is 12.5 Å². The van der Waals surface area contributed by atoms with Crippen LogP contribution in [0.2, 0.25) is 5.02 Å². The molecule has 4 heteroatoms. The normalized spacial score (nSPS) is 11.2. The molecule has 0 aliphatic carbocycles. The number of rotatable bonds is 4. The molecule has 1 heterocycles. The van der Waals surface area contributed by atoms with E-state index < -0.39 is 0 Å². The monoisotopic (exact) mass is 303 g/mol. The zero-order valence-corrected chi connectivity index (χ0v) is 12.4. The molecule has 108 valence electrons. The lowest BCUT2D eigenvalue weighted by Crippen LogP contribution is -2.11. The molecule has 2 nitrogen and oxygen atoms in total. The molecule has 0 aliphatic heterocycles. The van der Waals surface area contributed by atoms with Crippen LogP contribution < -0.4 is 5.32 Å². The van der Waals surface area contributed by atoms with Crippen molar-refractivity contribution in [3.8, 4) is 11.3 Å². The van der Waals surface area contributed by atoms with E-state index in [0.29, 0.717) is 10.8 Å². The Morgan fingerprint density at radius 2 is 2.05 bits per heavy atom. The number of fused-ring (bicyclic) bond motifs is 1. The van der Waals surface area contributed by atoms with Crippen LogP contribution in [0.15, 0.2) is 46.9 Å². The number of para-hydroxylation sites is 1. The SMILES string of the molecule is CCNCc1ccc(-c2cc3cccc(F)c3o2)c(Cl)c1. The summed E-state index contributed by atoms with van der Waals surface area (Å²) in [6.45, 7) is 3.73. The number of hydrogen-bond donors (Lipinski definition) is 1. The third-order valence-corrected chi connectivity index (χ3v) is 3.69. The summed E-state index contributed by atoms with van der Waals surface area (Å²) in [5.74, 6) is 0.216. The van der Waals surface area contributed by atoms with Crippen LogP contribution in [-0.2, 0) is 6.54 Å². The van der Waals surface area contributed by atoms with E-state index in [-0.39, 0.29) is 11.4 Å². The average Bonchev–Trinajstić information content (AvgIpc) is 2.90. The lowest BCUT2D eigenvalue weighted by Gasteiger charge is -2.05. The highest BCUT2D eigenvalue weighted by Gasteiger charge is 2.12. The number of furan rings is 1. The molecule has 0 spiro atoms. The molecule has 1 N–H and O–H groups in total. The van der Waals surface area contributed by atoms with Crippen molar-refractivity contribution in [1.29, 1.82) is 0 Å². The zero-order chi connectivity index (χ0) is 14.8. The molecule has 1 aromatic heterocycles. The molecule has 0 fully saturated rings. The minimum absolute atomic E-state index is 0.264. The van der Waals surface area contributed by atoms with Crippen molar-refractivity contribution >= 4 is 22.6 Å². The number of nitrogens with one attached hydrogen (secondary N) is 1. The minimum Gasteiger partial charge on any atom is -0.453 e. The van der Waals surface area contributed by atoms with Gasteiger partial charge in [0.05, 0.1) is 5.02 Å². The molecular formula is C17H15ClFNO. The van der Waals surface area contributed by atoms with E-state index in [1.54, 1.807) is 6.07 Å². The Balaban J connectivity index is 2.00. The highest BCUT2D eigenvalue weighted by Crippen LogP contribution is 2.34. The summed E-state index contributed by atoms with van der Waals surface area (Å²) < 4.78 is 19.3. The van der Waals surface area contributed by atoms with Crippen molar-refractivity contribution in [2.45, 2.75) is 13.5 Å². The van der Waals surface area contributed by atoms with Gasteiger partial charge in [-0.3, -0.25) is 0 Å². The second-order valence-electron chi connectivity index (χ2n) is 4.86. The zero-order valence-electron chi connectivity index (χ0n) is 11.6. The van der Waals surface area contributed by atoms with Crippen LogP contribution in [0.25, 0.3) is 22.3 Å². The molecule has 0 aliphatic rings. The van der Waals surface area contributed by atoms with Crippen molar-refractivity contribution in [2.75, 3.05) is 6.54 Å². The molecule has 3 aromatic rings. The maximum atomic E-state index is 13.7. The second kappa shape index (κ2) is 5.88. The van der Waals surface area contributed by atoms with Gasteiger partial charge in [0.25, 0.3) is 0 Å². The predicted molar refractivity (Wildman–Crippen MR) is 84.0 cm³/mol. The second-order valence-corrected chi connectivity index (χ2v) is 5.27. The third kappa shape index (κ3) is 2.80. The Labute approximate surface area is 127 Å². The summed E-state index contributed by atoms with van der Waals surface area (Å²) in [5.41, 5.74) is 2.14. The Kier molecular flexibility index (Phi) is 3.95. The van der Waals surface area contributed by atoms with Crippen LogP contribution in [0.5, 0.6) is 0 Å². The standard InChI is InChI=1S/C17H15ClFNO/c1-2-20-10-11-6-7-13(14(18)8-11)16-9-12-4-3-5-15(19)17(12)21-16/h3-9,20H,2,10H2,1H3. The fourth-order valence-electron chi connectivity index (χ4n) is 2.30. The first-order chi connectivity index (χ1) is 10.2. The van der Waals surface area contributed by atoms with E-state index in [1.165, 1.54) is 6.07 Å². The lowest BCUT2D eigenvalue weighted by molar-refractivity contribution is 0.569. The molecule has 3 rings (SSSR count). The van der Waals surface area contributed by atoms with Crippen molar-refractivity contribution in [2.24, 2.45) is 0 Å². The van der Waals surface area contributed by atoms with Gasteiger partial charge in [0.15, 0.2) is 11.4 Å². The van der Waals surface area contributed by atoms with Gasteiger partial charge in [-0.15, -0.1) is 0 Å². The molecule has 0 radical (unpaired) electrons. The van der Waals surface area contributed by atoms with Crippen molar-refractivity contribution < 1.29 is 8.81 Å². The van der Waals surface area contributed by atoms with Gasteiger partial charge in [-0.05, 0) is 36.4 Å². The first-order valence-corrected chi connectivity index (χ1v) is 7.24. The summed E-state index contributed by atoms with van der Waals surface area (Å²) in [7, 11) is 0. The summed E-state index contributed by atoms with van der Waals surface area (Å²) in [6.07, 6.45) is 0. The Hall–Kier alpha value is -1.84. The van der Waals surface area contributed by atoms with Crippen LogP contribution in [-0.4, -0.2) is 6.54 Å². The van der Waals surface area contributed by atoms with Crippen LogP contribution in [0.4, 0.5) is 4.39 Å². The van der Waals surface area contributed by atoms with Gasteiger partial charge in [-0.25, -0.2) is 4.39 Å². The minimum atomic E-state index is -0.362. The topological polar surface area (TPSA) is 25.2 Å². The largest absolute Gasteiger partial charge is 0.453 e. The van der Waals surface area contributed by atoms with Gasteiger partial charge in [0, 0.05) is 17.5 Å². The lowest BCUT2D eigenvalue weighted by atomic mass is 10.1. The van der Waals surface area contributed by atoms with Gasteiger partial charge in [-0.1, -0.05) is 36.7 Å². The summed E-state index contributed by atoms with van der Waals surface area (Å²) in [4.78, 5) is 0. The van der Waals surface area contributed by atoms with Gasteiger partial charge >= 0.3 is 0 Å². The van der Waals surface area contributed by atoms with Crippen molar-refractivity contribution in [1.82, 2.24) is 5.32 Å². The Morgan fingerprint density at radius 1 is 1.19 bits per heavy atom. The van der Waals surface area contributed by atoms with Crippen molar-refractivity contribution in [3.05, 3.63) is 58.9 Å². The first-order valence-electron chi connectivity index (χ1n) is 6.86. The van der Waals surface area contributed by atoms with Gasteiger partial charge in [-0.2, -0.15) is 0 Å². The molecule has 0 amide bonds. The predicted octanol–water partition coefficient (Wildman–Crippen LogP) is 5.00. The number of benzene rings is 2. The maximum absolute atomic E-state index is 13.7. The van der Waals surface area contributed by atoms with E-state index in [1.807, 2.05) is 30.3 Å². The Morgan fingerprint density at radius 3 is 2.76 bits per heavy atom. The van der Waals surface area contributed by atoms with Crippen LogP contribution in [0, 0.1) is 5.82 Å². The van der Waals surface area contributed by atoms with E-state index >= 15 is 0 Å².